The minimum absolute atomic E-state index is 0.261. The van der Waals surface area contributed by atoms with Crippen LogP contribution in [0.2, 0.25) is 0 Å². The number of epoxide rings is 1. The van der Waals surface area contributed by atoms with Gasteiger partial charge in [-0.05, 0) is 35.4 Å². The average Bonchev–Trinajstić information content (AvgIpc) is 3.45. The summed E-state index contributed by atoms with van der Waals surface area (Å²) < 4.78 is 10.7. The summed E-state index contributed by atoms with van der Waals surface area (Å²) in [5, 5.41) is 8.47. The molecule has 124 valence electrons. The Balaban J connectivity index is 1.45. The van der Waals surface area contributed by atoms with Crippen LogP contribution in [-0.2, 0) is 10.5 Å². The molecule has 3 rings (SSSR count). The Bertz CT molecular complexity index is 698. The number of nitrogens with two attached hydrogens (primary N) is 1. The number of hydrogen-bond acceptors (Lipinski definition) is 5. The lowest BCUT2D eigenvalue weighted by Gasteiger charge is -2.03. The van der Waals surface area contributed by atoms with Gasteiger partial charge in [0.05, 0.1) is 12.8 Å². The molecule has 0 aliphatic carbocycles. The SMILES string of the molecule is NC(=NN=Cc1ccc(OCC2CO2)cc1)SCc1ccccc1. The summed E-state index contributed by atoms with van der Waals surface area (Å²) in [4.78, 5) is 0. The number of nitrogens with zero attached hydrogens (tertiary/aromatic N) is 2. The lowest BCUT2D eigenvalue weighted by atomic mass is 10.2. The maximum absolute atomic E-state index is 5.85. The van der Waals surface area contributed by atoms with Crippen LogP contribution in [0, 0.1) is 0 Å². The van der Waals surface area contributed by atoms with Gasteiger partial charge in [0.25, 0.3) is 0 Å². The van der Waals surface area contributed by atoms with E-state index < -0.39 is 0 Å². The van der Waals surface area contributed by atoms with E-state index in [1.807, 2.05) is 42.5 Å². The van der Waals surface area contributed by atoms with Crippen LogP contribution in [0.25, 0.3) is 0 Å². The molecule has 1 saturated heterocycles. The molecule has 0 bridgehead atoms. The van der Waals surface area contributed by atoms with Crippen LogP contribution in [0.3, 0.4) is 0 Å². The van der Waals surface area contributed by atoms with Crippen molar-refractivity contribution in [3.8, 4) is 5.75 Å². The molecule has 6 heteroatoms. The van der Waals surface area contributed by atoms with Crippen LogP contribution in [-0.4, -0.2) is 30.7 Å². The lowest BCUT2D eigenvalue weighted by molar-refractivity contribution is 0.263. The summed E-state index contributed by atoms with van der Waals surface area (Å²) in [6, 6.07) is 17.8. The summed E-state index contributed by atoms with van der Waals surface area (Å²) in [7, 11) is 0. The average molecular weight is 341 g/mol. The quantitative estimate of drug-likeness (QED) is 0.364. The van der Waals surface area contributed by atoms with E-state index in [9.17, 15) is 0 Å². The smallest absolute Gasteiger partial charge is 0.180 e. The third kappa shape index (κ3) is 5.72. The number of amidine groups is 1. The summed E-state index contributed by atoms with van der Waals surface area (Å²) in [6.07, 6.45) is 1.93. The van der Waals surface area contributed by atoms with Crippen LogP contribution in [0.1, 0.15) is 11.1 Å². The van der Waals surface area contributed by atoms with Gasteiger partial charge in [-0.1, -0.05) is 42.1 Å². The summed E-state index contributed by atoms with van der Waals surface area (Å²) in [5.41, 5.74) is 8.00. The molecule has 5 nitrogen and oxygen atoms in total. The molecule has 1 fully saturated rings. The lowest BCUT2D eigenvalue weighted by Crippen LogP contribution is -2.06. The molecule has 0 radical (unpaired) electrons. The molecule has 0 amide bonds. The molecular weight excluding hydrogens is 322 g/mol. The van der Waals surface area contributed by atoms with Crippen molar-refractivity contribution in [3.63, 3.8) is 0 Å². The van der Waals surface area contributed by atoms with Gasteiger partial charge in [0.15, 0.2) is 5.17 Å². The molecule has 1 unspecified atom stereocenters. The highest BCUT2D eigenvalue weighted by atomic mass is 32.2. The summed E-state index contributed by atoms with van der Waals surface area (Å²) in [6.45, 7) is 1.40. The Morgan fingerprint density at radius 3 is 2.67 bits per heavy atom. The number of thioether (sulfide) groups is 1. The van der Waals surface area contributed by atoms with E-state index >= 15 is 0 Å². The second kappa shape index (κ2) is 8.52. The van der Waals surface area contributed by atoms with E-state index in [0.29, 0.717) is 11.8 Å². The Labute approximate surface area is 145 Å². The van der Waals surface area contributed by atoms with Crippen molar-refractivity contribution in [2.75, 3.05) is 13.2 Å². The highest BCUT2D eigenvalue weighted by molar-refractivity contribution is 8.13. The van der Waals surface area contributed by atoms with E-state index in [1.54, 1.807) is 6.21 Å². The normalized spacial score (nSPS) is 17.2. The number of rotatable bonds is 7. The van der Waals surface area contributed by atoms with Crippen molar-refractivity contribution >= 4 is 23.1 Å². The molecule has 0 saturated carbocycles. The number of benzene rings is 2. The number of hydrogen-bond donors (Lipinski definition) is 1. The standard InChI is InChI=1S/C18H19N3O2S/c19-18(24-13-15-4-2-1-3-5-15)21-20-10-14-6-8-16(9-7-14)22-11-17-12-23-17/h1-10,17H,11-13H2,(H2,19,21). The van der Waals surface area contributed by atoms with Crippen LogP contribution >= 0.6 is 11.8 Å². The molecular formula is C18H19N3O2S. The van der Waals surface area contributed by atoms with Crippen molar-refractivity contribution < 1.29 is 9.47 Å². The zero-order valence-corrected chi connectivity index (χ0v) is 14.0. The molecule has 2 aromatic carbocycles. The summed E-state index contributed by atoms with van der Waals surface area (Å²) in [5.74, 6) is 1.60. The molecule has 0 aromatic heterocycles. The van der Waals surface area contributed by atoms with Crippen LogP contribution in [0.15, 0.2) is 64.8 Å². The second-order valence-corrected chi connectivity index (χ2v) is 6.29. The highest BCUT2D eigenvalue weighted by Crippen LogP contribution is 2.15. The Hall–Kier alpha value is -2.31. The minimum atomic E-state index is 0.261. The van der Waals surface area contributed by atoms with Crippen molar-refractivity contribution in [1.29, 1.82) is 0 Å². The van der Waals surface area contributed by atoms with Gasteiger partial charge in [-0.25, -0.2) is 0 Å². The van der Waals surface area contributed by atoms with E-state index in [0.717, 1.165) is 23.7 Å². The molecule has 1 heterocycles. The van der Waals surface area contributed by atoms with E-state index in [1.165, 1.54) is 17.3 Å². The van der Waals surface area contributed by atoms with Crippen LogP contribution in [0.4, 0.5) is 0 Å². The molecule has 1 atom stereocenters. The third-order valence-corrected chi connectivity index (χ3v) is 4.17. The van der Waals surface area contributed by atoms with Crippen molar-refractivity contribution in [2.24, 2.45) is 15.9 Å². The number of ether oxygens (including phenoxy) is 2. The zero-order valence-electron chi connectivity index (χ0n) is 13.2. The van der Waals surface area contributed by atoms with E-state index in [4.69, 9.17) is 15.2 Å². The molecule has 2 N–H and O–H groups in total. The van der Waals surface area contributed by atoms with Gasteiger partial charge in [-0.3, -0.25) is 0 Å². The third-order valence-electron chi connectivity index (χ3n) is 3.31. The first-order valence-electron chi connectivity index (χ1n) is 7.67. The summed E-state index contributed by atoms with van der Waals surface area (Å²) >= 11 is 1.46. The monoisotopic (exact) mass is 341 g/mol. The van der Waals surface area contributed by atoms with Crippen molar-refractivity contribution in [1.82, 2.24) is 0 Å². The fourth-order valence-corrected chi connectivity index (χ4v) is 2.53. The maximum Gasteiger partial charge on any atom is 0.180 e. The van der Waals surface area contributed by atoms with Gasteiger partial charge < -0.3 is 15.2 Å². The topological polar surface area (TPSA) is 72.5 Å². The van der Waals surface area contributed by atoms with Crippen molar-refractivity contribution in [2.45, 2.75) is 11.9 Å². The molecule has 24 heavy (non-hydrogen) atoms. The van der Waals surface area contributed by atoms with Crippen LogP contribution < -0.4 is 10.5 Å². The van der Waals surface area contributed by atoms with Gasteiger partial charge in [0.1, 0.15) is 18.5 Å². The van der Waals surface area contributed by atoms with Gasteiger partial charge in [-0.15, -0.1) is 5.10 Å². The Morgan fingerprint density at radius 2 is 1.96 bits per heavy atom. The maximum atomic E-state index is 5.85. The van der Waals surface area contributed by atoms with E-state index in [-0.39, 0.29) is 6.10 Å². The zero-order chi connectivity index (χ0) is 16.6. The molecule has 2 aromatic rings. The van der Waals surface area contributed by atoms with Crippen LogP contribution in [0.5, 0.6) is 5.75 Å². The largest absolute Gasteiger partial charge is 0.491 e. The molecule has 0 spiro atoms. The molecule has 1 aliphatic rings. The van der Waals surface area contributed by atoms with Gasteiger partial charge in [0.2, 0.25) is 0 Å². The Kier molecular flexibility index (Phi) is 5.87. The van der Waals surface area contributed by atoms with Crippen molar-refractivity contribution in [3.05, 3.63) is 65.7 Å². The molecule has 1 aliphatic heterocycles. The minimum Gasteiger partial charge on any atom is -0.491 e. The Morgan fingerprint density at radius 1 is 1.21 bits per heavy atom. The predicted molar refractivity (Wildman–Crippen MR) is 98.6 cm³/mol. The first-order valence-corrected chi connectivity index (χ1v) is 8.66. The fourth-order valence-electron chi connectivity index (χ4n) is 1.92. The predicted octanol–water partition coefficient (Wildman–Crippen LogP) is 3.05. The first-order chi connectivity index (χ1) is 11.8. The second-order valence-electron chi connectivity index (χ2n) is 5.29. The van der Waals surface area contributed by atoms with E-state index in [2.05, 4.69) is 22.3 Å². The van der Waals surface area contributed by atoms with Gasteiger partial charge in [-0.2, -0.15) is 5.10 Å². The van der Waals surface area contributed by atoms with Gasteiger partial charge >= 0.3 is 0 Å². The highest BCUT2D eigenvalue weighted by Gasteiger charge is 2.22. The van der Waals surface area contributed by atoms with Gasteiger partial charge in [0, 0.05) is 5.75 Å². The fraction of sp³-hybridized carbons (Fsp3) is 0.222. The first kappa shape index (κ1) is 16.5.